The van der Waals surface area contributed by atoms with Gasteiger partial charge in [0, 0.05) is 28.9 Å². The Bertz CT molecular complexity index is 869. The van der Waals surface area contributed by atoms with Crippen molar-refractivity contribution in [2.45, 2.75) is 6.18 Å². The zero-order valence-electron chi connectivity index (χ0n) is 11.0. The largest absolute Gasteiger partial charge is 0.478 e. The summed E-state index contributed by atoms with van der Waals surface area (Å²) in [7, 11) is 0. The van der Waals surface area contributed by atoms with Crippen LogP contribution in [-0.2, 0) is 6.18 Å². The van der Waals surface area contributed by atoms with Crippen molar-refractivity contribution in [1.29, 1.82) is 0 Å². The van der Waals surface area contributed by atoms with Crippen LogP contribution >= 0.6 is 0 Å². The van der Waals surface area contributed by atoms with Crippen LogP contribution in [0.4, 0.5) is 13.2 Å². The Labute approximate surface area is 122 Å². The summed E-state index contributed by atoms with van der Waals surface area (Å²) in [5.41, 5.74) is -0.131. The van der Waals surface area contributed by atoms with Crippen LogP contribution in [0.5, 0.6) is 0 Å². The monoisotopic (exact) mass is 306 g/mol. The molecule has 0 atom stereocenters. The number of pyridine rings is 1. The second kappa shape index (κ2) is 4.87. The van der Waals surface area contributed by atoms with Gasteiger partial charge in [0.05, 0.1) is 16.8 Å². The van der Waals surface area contributed by atoms with Crippen LogP contribution in [0.25, 0.3) is 22.2 Å². The number of rotatable bonds is 2. The zero-order valence-corrected chi connectivity index (χ0v) is 11.0. The topological polar surface area (TPSA) is 66.0 Å². The highest BCUT2D eigenvalue weighted by Crippen LogP contribution is 2.39. The molecular formula is C15H9F3N2O2. The Morgan fingerprint density at radius 2 is 2.00 bits per heavy atom. The van der Waals surface area contributed by atoms with Gasteiger partial charge in [-0.15, -0.1) is 0 Å². The number of aromatic carboxylic acids is 1. The van der Waals surface area contributed by atoms with Crippen molar-refractivity contribution in [1.82, 2.24) is 9.97 Å². The molecule has 0 aliphatic carbocycles. The van der Waals surface area contributed by atoms with E-state index in [4.69, 9.17) is 5.11 Å². The SMILES string of the molecule is O=C(O)c1ccnc(-c2c[nH]c3cccc(C(F)(F)F)c23)c1. The number of H-pyrrole nitrogens is 1. The number of carboxylic acids is 1. The van der Waals surface area contributed by atoms with Gasteiger partial charge in [0.1, 0.15) is 0 Å². The van der Waals surface area contributed by atoms with Crippen molar-refractivity contribution in [3.8, 4) is 11.3 Å². The molecule has 0 unspecified atom stereocenters. The molecule has 2 heterocycles. The lowest BCUT2D eigenvalue weighted by molar-refractivity contribution is -0.136. The van der Waals surface area contributed by atoms with Gasteiger partial charge in [0.2, 0.25) is 0 Å². The number of nitrogens with zero attached hydrogens (tertiary/aromatic N) is 1. The normalized spacial score (nSPS) is 11.8. The number of halogens is 3. The lowest BCUT2D eigenvalue weighted by atomic mass is 10.0. The van der Waals surface area contributed by atoms with Gasteiger partial charge in [-0.2, -0.15) is 13.2 Å². The Morgan fingerprint density at radius 1 is 1.23 bits per heavy atom. The van der Waals surface area contributed by atoms with Crippen LogP contribution in [0.2, 0.25) is 0 Å². The van der Waals surface area contributed by atoms with Gasteiger partial charge in [-0.25, -0.2) is 4.79 Å². The van der Waals surface area contributed by atoms with E-state index in [0.717, 1.165) is 6.07 Å². The van der Waals surface area contributed by atoms with Gasteiger partial charge in [0.15, 0.2) is 0 Å². The molecule has 1 aromatic carbocycles. The van der Waals surface area contributed by atoms with Crippen molar-refractivity contribution in [2.24, 2.45) is 0 Å². The molecule has 0 spiro atoms. The highest BCUT2D eigenvalue weighted by atomic mass is 19.4. The van der Waals surface area contributed by atoms with Gasteiger partial charge in [-0.05, 0) is 24.3 Å². The minimum atomic E-state index is -4.51. The van der Waals surface area contributed by atoms with E-state index in [9.17, 15) is 18.0 Å². The van der Waals surface area contributed by atoms with E-state index in [2.05, 4.69) is 9.97 Å². The van der Waals surface area contributed by atoms with Crippen molar-refractivity contribution in [3.63, 3.8) is 0 Å². The smallest absolute Gasteiger partial charge is 0.417 e. The fraction of sp³-hybridized carbons (Fsp3) is 0.0667. The van der Waals surface area contributed by atoms with Crippen LogP contribution in [0.15, 0.2) is 42.7 Å². The van der Waals surface area contributed by atoms with E-state index >= 15 is 0 Å². The van der Waals surface area contributed by atoms with E-state index in [0.29, 0.717) is 5.52 Å². The first-order valence-corrected chi connectivity index (χ1v) is 6.25. The minimum Gasteiger partial charge on any atom is -0.478 e. The van der Waals surface area contributed by atoms with Crippen molar-refractivity contribution < 1.29 is 23.1 Å². The standard InChI is InChI=1S/C15H9F3N2O2/c16-15(17,18)10-2-1-3-11-13(10)9(7-20-11)12-6-8(14(21)22)4-5-19-12/h1-7,20H,(H,21,22). The molecule has 0 saturated carbocycles. The molecule has 4 nitrogen and oxygen atoms in total. The van der Waals surface area contributed by atoms with Crippen molar-refractivity contribution in [3.05, 3.63) is 53.9 Å². The van der Waals surface area contributed by atoms with E-state index in [1.165, 1.54) is 36.7 Å². The maximum Gasteiger partial charge on any atom is 0.417 e. The van der Waals surface area contributed by atoms with Crippen LogP contribution in [0, 0.1) is 0 Å². The zero-order chi connectivity index (χ0) is 15.9. The summed E-state index contributed by atoms with van der Waals surface area (Å²) in [5.74, 6) is -1.17. The lowest BCUT2D eigenvalue weighted by Gasteiger charge is -2.09. The number of benzene rings is 1. The Morgan fingerprint density at radius 3 is 2.68 bits per heavy atom. The Kier molecular flexibility index (Phi) is 3.13. The molecule has 0 bridgehead atoms. The molecule has 3 aromatic rings. The quantitative estimate of drug-likeness (QED) is 0.753. The highest BCUT2D eigenvalue weighted by molar-refractivity contribution is 5.98. The molecule has 7 heteroatoms. The number of aromatic amines is 1. The summed E-state index contributed by atoms with van der Waals surface area (Å²) in [4.78, 5) is 17.7. The molecule has 0 aliphatic heterocycles. The average molecular weight is 306 g/mol. The molecule has 0 saturated heterocycles. The molecule has 0 radical (unpaired) electrons. The van der Waals surface area contributed by atoms with Crippen LogP contribution in [0.3, 0.4) is 0 Å². The Hall–Kier alpha value is -2.83. The van der Waals surface area contributed by atoms with Crippen LogP contribution in [0.1, 0.15) is 15.9 Å². The number of hydrogen-bond acceptors (Lipinski definition) is 2. The third-order valence-electron chi connectivity index (χ3n) is 3.29. The average Bonchev–Trinajstić information content (AvgIpc) is 2.90. The van der Waals surface area contributed by atoms with Gasteiger partial charge in [-0.1, -0.05) is 6.07 Å². The molecule has 2 aromatic heterocycles. The van der Waals surface area contributed by atoms with E-state index in [1.807, 2.05) is 0 Å². The Balaban J connectivity index is 2.28. The number of aromatic nitrogens is 2. The molecule has 2 N–H and O–H groups in total. The molecular weight excluding hydrogens is 297 g/mol. The summed E-state index contributed by atoms with van der Waals surface area (Å²) in [6, 6.07) is 6.35. The fourth-order valence-electron chi connectivity index (χ4n) is 2.33. The molecule has 0 amide bonds. The lowest BCUT2D eigenvalue weighted by Crippen LogP contribution is -2.05. The number of fused-ring (bicyclic) bond motifs is 1. The predicted octanol–water partition coefficient (Wildman–Crippen LogP) is 3.95. The van der Waals surface area contributed by atoms with Gasteiger partial charge in [0.25, 0.3) is 0 Å². The number of hydrogen-bond donors (Lipinski definition) is 2. The second-order valence-electron chi connectivity index (χ2n) is 4.66. The van der Waals surface area contributed by atoms with Crippen LogP contribution in [-0.4, -0.2) is 21.0 Å². The first-order valence-electron chi connectivity index (χ1n) is 6.25. The van der Waals surface area contributed by atoms with Gasteiger partial charge < -0.3 is 10.1 Å². The summed E-state index contributed by atoms with van der Waals surface area (Å²) in [6.45, 7) is 0. The predicted molar refractivity (Wildman–Crippen MR) is 73.5 cm³/mol. The summed E-state index contributed by atoms with van der Waals surface area (Å²) < 4.78 is 39.5. The van der Waals surface area contributed by atoms with Crippen LogP contribution < -0.4 is 0 Å². The number of carboxylic acid groups (broad SMARTS) is 1. The number of nitrogens with one attached hydrogen (secondary N) is 1. The number of carbonyl (C=O) groups is 1. The van der Waals surface area contributed by atoms with E-state index in [1.54, 1.807) is 0 Å². The third-order valence-corrected chi connectivity index (χ3v) is 3.29. The molecule has 3 rings (SSSR count). The molecule has 0 fully saturated rings. The van der Waals surface area contributed by atoms with E-state index < -0.39 is 17.7 Å². The molecule has 0 aliphatic rings. The van der Waals surface area contributed by atoms with Gasteiger partial charge >= 0.3 is 12.1 Å². The third kappa shape index (κ3) is 2.30. The highest BCUT2D eigenvalue weighted by Gasteiger charge is 2.33. The summed E-state index contributed by atoms with van der Waals surface area (Å²) in [5, 5.41) is 8.97. The molecule has 22 heavy (non-hydrogen) atoms. The first kappa shape index (κ1) is 14.1. The number of alkyl halides is 3. The summed E-state index contributed by atoms with van der Waals surface area (Å²) in [6.07, 6.45) is -1.86. The van der Waals surface area contributed by atoms with Crippen molar-refractivity contribution in [2.75, 3.05) is 0 Å². The van der Waals surface area contributed by atoms with Crippen molar-refractivity contribution >= 4 is 16.9 Å². The fourth-order valence-corrected chi connectivity index (χ4v) is 2.33. The second-order valence-corrected chi connectivity index (χ2v) is 4.66. The molecule has 112 valence electrons. The minimum absolute atomic E-state index is 0.0231. The maximum atomic E-state index is 13.2. The van der Waals surface area contributed by atoms with Gasteiger partial charge in [-0.3, -0.25) is 4.98 Å². The first-order chi connectivity index (χ1) is 10.4. The maximum absolute atomic E-state index is 13.2. The van der Waals surface area contributed by atoms with E-state index in [-0.39, 0.29) is 22.2 Å². The summed E-state index contributed by atoms with van der Waals surface area (Å²) >= 11 is 0.